The lowest BCUT2D eigenvalue weighted by Gasteiger charge is -2.17. The number of hydrogen-bond donors (Lipinski definition) is 1. The van der Waals surface area contributed by atoms with Gasteiger partial charge in [-0.15, -0.1) is 11.8 Å². The number of hydrogen-bond acceptors (Lipinski definition) is 3. The summed E-state index contributed by atoms with van der Waals surface area (Å²) >= 11 is 1.53. The van der Waals surface area contributed by atoms with Gasteiger partial charge in [-0.2, -0.15) is 0 Å². The van der Waals surface area contributed by atoms with E-state index in [9.17, 15) is 4.39 Å². The maximum atomic E-state index is 13.6. The Labute approximate surface area is 107 Å². The van der Waals surface area contributed by atoms with Crippen LogP contribution in [0.15, 0.2) is 23.1 Å². The lowest BCUT2D eigenvalue weighted by atomic mass is 10.2. The van der Waals surface area contributed by atoms with Gasteiger partial charge in [-0.1, -0.05) is 19.9 Å². The van der Waals surface area contributed by atoms with Crippen LogP contribution in [0.4, 0.5) is 4.39 Å². The summed E-state index contributed by atoms with van der Waals surface area (Å²) in [6.45, 7) is 7.18. The van der Waals surface area contributed by atoms with Crippen LogP contribution in [0.1, 0.15) is 19.4 Å². The second kappa shape index (κ2) is 7.69. The van der Waals surface area contributed by atoms with Crippen LogP contribution >= 0.6 is 11.8 Å². The first-order valence-electron chi connectivity index (χ1n) is 5.95. The standard InChI is InChI=1S/C13H20FNOS/c1-3-15(4-2)7-8-17-13-6-5-11(10-16)9-12(13)14/h5-6,9,16H,3-4,7-8,10H2,1-2H3. The molecule has 0 saturated carbocycles. The van der Waals surface area contributed by atoms with Crippen LogP contribution in [0, 0.1) is 5.82 Å². The van der Waals surface area contributed by atoms with Crippen molar-refractivity contribution >= 4 is 11.8 Å². The Morgan fingerprint density at radius 1 is 1.29 bits per heavy atom. The summed E-state index contributed by atoms with van der Waals surface area (Å²) in [4.78, 5) is 2.97. The molecular formula is C13H20FNOS. The van der Waals surface area contributed by atoms with Crippen LogP contribution in [0.3, 0.4) is 0 Å². The van der Waals surface area contributed by atoms with Gasteiger partial charge in [0, 0.05) is 17.2 Å². The molecule has 0 atom stereocenters. The summed E-state index contributed by atoms with van der Waals surface area (Å²) in [6, 6.07) is 4.91. The molecule has 0 radical (unpaired) electrons. The van der Waals surface area contributed by atoms with Crippen molar-refractivity contribution in [3.63, 3.8) is 0 Å². The zero-order valence-electron chi connectivity index (χ0n) is 10.4. The molecule has 0 heterocycles. The topological polar surface area (TPSA) is 23.5 Å². The lowest BCUT2D eigenvalue weighted by Crippen LogP contribution is -2.25. The molecule has 0 unspecified atom stereocenters. The Kier molecular flexibility index (Phi) is 6.55. The summed E-state index contributed by atoms with van der Waals surface area (Å²) in [5, 5.41) is 8.89. The van der Waals surface area contributed by atoms with Gasteiger partial charge in [-0.3, -0.25) is 0 Å². The van der Waals surface area contributed by atoms with Crippen LogP contribution in [0.2, 0.25) is 0 Å². The van der Waals surface area contributed by atoms with Crippen molar-refractivity contribution in [3.8, 4) is 0 Å². The monoisotopic (exact) mass is 257 g/mol. The smallest absolute Gasteiger partial charge is 0.137 e. The van der Waals surface area contributed by atoms with Gasteiger partial charge >= 0.3 is 0 Å². The number of thioether (sulfide) groups is 1. The first kappa shape index (κ1) is 14.5. The summed E-state index contributed by atoms with van der Waals surface area (Å²) < 4.78 is 13.6. The SMILES string of the molecule is CCN(CC)CCSc1ccc(CO)cc1F. The molecule has 0 aromatic heterocycles. The first-order valence-corrected chi connectivity index (χ1v) is 6.94. The van der Waals surface area contributed by atoms with Crippen LogP contribution in [0.25, 0.3) is 0 Å². The van der Waals surface area contributed by atoms with Crippen LogP contribution in [-0.2, 0) is 6.61 Å². The summed E-state index contributed by atoms with van der Waals surface area (Å²) in [7, 11) is 0. The van der Waals surface area contributed by atoms with Gasteiger partial charge in [-0.05, 0) is 30.8 Å². The summed E-state index contributed by atoms with van der Waals surface area (Å²) in [6.07, 6.45) is 0. The molecule has 0 fully saturated rings. The zero-order chi connectivity index (χ0) is 12.7. The van der Waals surface area contributed by atoms with Crippen LogP contribution < -0.4 is 0 Å². The third kappa shape index (κ3) is 4.66. The van der Waals surface area contributed by atoms with Crippen molar-refractivity contribution < 1.29 is 9.50 Å². The molecule has 0 aliphatic heterocycles. The number of rotatable bonds is 7. The third-order valence-electron chi connectivity index (χ3n) is 2.74. The molecule has 2 nitrogen and oxygen atoms in total. The minimum absolute atomic E-state index is 0.110. The number of aliphatic hydroxyl groups excluding tert-OH is 1. The largest absolute Gasteiger partial charge is 0.392 e. The highest BCUT2D eigenvalue weighted by Gasteiger charge is 2.05. The molecule has 0 aliphatic carbocycles. The van der Waals surface area contributed by atoms with E-state index < -0.39 is 0 Å². The lowest BCUT2D eigenvalue weighted by molar-refractivity contribution is 0.281. The van der Waals surface area contributed by atoms with Gasteiger partial charge in [0.2, 0.25) is 0 Å². The Hall–Kier alpha value is -0.580. The van der Waals surface area contributed by atoms with Gasteiger partial charge in [-0.25, -0.2) is 4.39 Å². The van der Waals surface area contributed by atoms with Crippen molar-refractivity contribution in [1.29, 1.82) is 0 Å². The second-order valence-corrected chi connectivity index (χ2v) is 4.93. The van der Waals surface area contributed by atoms with Gasteiger partial charge in [0.1, 0.15) is 5.82 Å². The normalized spacial score (nSPS) is 11.1. The Bertz CT molecular complexity index is 342. The fraction of sp³-hybridized carbons (Fsp3) is 0.538. The van der Waals surface area contributed by atoms with Gasteiger partial charge in [0.05, 0.1) is 6.61 Å². The van der Waals surface area contributed by atoms with E-state index in [1.54, 1.807) is 12.1 Å². The summed E-state index contributed by atoms with van der Waals surface area (Å²) in [5.74, 6) is 0.651. The highest BCUT2D eigenvalue weighted by Crippen LogP contribution is 2.22. The molecule has 1 aromatic rings. The van der Waals surface area contributed by atoms with E-state index in [0.29, 0.717) is 10.5 Å². The van der Waals surface area contributed by atoms with Crippen molar-refractivity contribution in [2.24, 2.45) is 0 Å². The molecule has 1 N–H and O–H groups in total. The maximum absolute atomic E-state index is 13.6. The van der Waals surface area contributed by atoms with Gasteiger partial charge in [0.15, 0.2) is 0 Å². The van der Waals surface area contributed by atoms with E-state index in [1.807, 2.05) is 0 Å². The van der Waals surface area contributed by atoms with Gasteiger partial charge in [0.25, 0.3) is 0 Å². The molecule has 0 spiro atoms. The number of aliphatic hydroxyl groups is 1. The molecule has 96 valence electrons. The fourth-order valence-electron chi connectivity index (χ4n) is 1.58. The molecule has 0 amide bonds. The maximum Gasteiger partial charge on any atom is 0.137 e. The third-order valence-corrected chi connectivity index (χ3v) is 3.77. The van der Waals surface area contributed by atoms with Crippen molar-refractivity contribution in [2.75, 3.05) is 25.4 Å². The minimum Gasteiger partial charge on any atom is -0.392 e. The van der Waals surface area contributed by atoms with Crippen LogP contribution in [-0.4, -0.2) is 35.4 Å². The van der Waals surface area contributed by atoms with Crippen LogP contribution in [0.5, 0.6) is 0 Å². The predicted octanol–water partition coefficient (Wildman–Crippen LogP) is 2.75. The highest BCUT2D eigenvalue weighted by atomic mass is 32.2. The molecule has 0 aliphatic rings. The quantitative estimate of drug-likeness (QED) is 0.760. The van der Waals surface area contributed by atoms with E-state index in [1.165, 1.54) is 17.8 Å². The molecule has 1 aromatic carbocycles. The van der Waals surface area contributed by atoms with E-state index in [0.717, 1.165) is 25.4 Å². The molecule has 0 saturated heterocycles. The fourth-order valence-corrected chi connectivity index (χ4v) is 2.51. The van der Waals surface area contributed by atoms with Crippen molar-refractivity contribution in [3.05, 3.63) is 29.6 Å². The number of nitrogens with zero attached hydrogens (tertiary/aromatic N) is 1. The van der Waals surface area contributed by atoms with E-state index in [-0.39, 0.29) is 12.4 Å². The predicted molar refractivity (Wildman–Crippen MR) is 70.8 cm³/mol. The summed E-state index contributed by atoms with van der Waals surface area (Å²) in [5.41, 5.74) is 0.621. The van der Waals surface area contributed by atoms with E-state index >= 15 is 0 Å². The first-order chi connectivity index (χ1) is 8.21. The zero-order valence-corrected chi connectivity index (χ0v) is 11.3. The van der Waals surface area contributed by atoms with E-state index in [2.05, 4.69) is 18.7 Å². The second-order valence-electron chi connectivity index (χ2n) is 3.80. The minimum atomic E-state index is -0.235. The Balaban J connectivity index is 2.46. The molecular weight excluding hydrogens is 237 g/mol. The Morgan fingerprint density at radius 2 is 2.00 bits per heavy atom. The Morgan fingerprint density at radius 3 is 2.53 bits per heavy atom. The van der Waals surface area contributed by atoms with Crippen molar-refractivity contribution in [1.82, 2.24) is 4.90 Å². The number of benzene rings is 1. The average molecular weight is 257 g/mol. The number of halogens is 1. The van der Waals surface area contributed by atoms with Gasteiger partial charge < -0.3 is 10.0 Å². The van der Waals surface area contributed by atoms with E-state index in [4.69, 9.17) is 5.11 Å². The molecule has 17 heavy (non-hydrogen) atoms. The molecule has 1 rings (SSSR count). The van der Waals surface area contributed by atoms with Crippen molar-refractivity contribution in [2.45, 2.75) is 25.3 Å². The molecule has 0 bridgehead atoms. The highest BCUT2D eigenvalue weighted by molar-refractivity contribution is 7.99. The average Bonchev–Trinajstić information content (AvgIpc) is 2.36. The molecule has 4 heteroatoms.